The molecule has 2 aromatic rings. The summed E-state index contributed by atoms with van der Waals surface area (Å²) in [5.74, 6) is 1.24. The van der Waals surface area contributed by atoms with Gasteiger partial charge in [0, 0.05) is 28.8 Å². The zero-order chi connectivity index (χ0) is 15.0. The summed E-state index contributed by atoms with van der Waals surface area (Å²) in [6.45, 7) is 1.56. The van der Waals surface area contributed by atoms with Gasteiger partial charge in [-0.05, 0) is 12.1 Å². The summed E-state index contributed by atoms with van der Waals surface area (Å²) < 4.78 is 10.7. The number of hydrogen-bond acceptors (Lipinski definition) is 4. The average Bonchev–Trinajstić information content (AvgIpc) is 2.50. The second-order valence-corrected chi connectivity index (χ2v) is 5.68. The zero-order valence-corrected chi connectivity index (χ0v) is 12.9. The molecule has 0 N–H and O–H groups in total. The number of benzene rings is 2. The number of amides is 1. The molecule has 2 aromatic carbocycles. The van der Waals surface area contributed by atoms with Crippen LogP contribution in [-0.2, 0) is 4.79 Å². The minimum Gasteiger partial charge on any atom is -0.493 e. The smallest absolute Gasteiger partial charge is 0.228 e. The Kier molecular flexibility index (Phi) is 3.51. The Morgan fingerprint density at radius 1 is 1.00 bits per heavy atom. The van der Waals surface area contributed by atoms with E-state index >= 15 is 0 Å². The minimum absolute atomic E-state index is 0.0313. The number of para-hydroxylation sites is 1. The fourth-order valence-corrected chi connectivity index (χ4v) is 3.49. The monoisotopic (exact) mass is 301 g/mol. The molecule has 1 amide bonds. The lowest BCUT2D eigenvalue weighted by Gasteiger charge is -2.30. The maximum absolute atomic E-state index is 12.1. The first-order valence-corrected chi connectivity index (χ1v) is 7.31. The molecule has 0 atom stereocenters. The summed E-state index contributed by atoms with van der Waals surface area (Å²) in [6.07, 6.45) is 0. The largest absolute Gasteiger partial charge is 0.493 e. The molecular weight excluding hydrogens is 286 g/mol. The topological polar surface area (TPSA) is 38.8 Å². The molecule has 0 radical (unpaired) electrons. The van der Waals surface area contributed by atoms with E-state index in [2.05, 4.69) is 0 Å². The number of fused-ring (bicyclic) bond motifs is 2. The van der Waals surface area contributed by atoms with Gasteiger partial charge in [-0.2, -0.15) is 0 Å². The molecule has 4 nitrogen and oxygen atoms in total. The quantitative estimate of drug-likeness (QED) is 0.844. The highest BCUT2D eigenvalue weighted by Gasteiger charge is 2.27. The number of methoxy groups -OCH3 is 2. The van der Waals surface area contributed by atoms with Crippen LogP contribution in [0.5, 0.6) is 11.5 Å². The second-order valence-electron chi connectivity index (χ2n) is 4.60. The number of rotatable bonds is 2. The molecule has 5 heteroatoms. The lowest BCUT2D eigenvalue weighted by atomic mass is 10.2. The van der Waals surface area contributed by atoms with Crippen molar-refractivity contribution in [1.29, 1.82) is 0 Å². The lowest BCUT2D eigenvalue weighted by Crippen LogP contribution is -2.25. The van der Waals surface area contributed by atoms with E-state index in [4.69, 9.17) is 9.47 Å². The van der Waals surface area contributed by atoms with Gasteiger partial charge in [0.1, 0.15) is 0 Å². The third-order valence-corrected chi connectivity index (χ3v) is 4.46. The SMILES string of the molecule is COc1cc2c(cc1OC)N(C(C)=O)c1ccccc1S2. The first-order valence-electron chi connectivity index (χ1n) is 6.49. The van der Waals surface area contributed by atoms with Crippen LogP contribution in [0.3, 0.4) is 0 Å². The van der Waals surface area contributed by atoms with E-state index in [9.17, 15) is 4.79 Å². The molecule has 0 spiro atoms. The molecule has 108 valence electrons. The van der Waals surface area contributed by atoms with Crippen molar-refractivity contribution in [3.05, 3.63) is 36.4 Å². The molecule has 0 fully saturated rings. The van der Waals surface area contributed by atoms with Crippen molar-refractivity contribution < 1.29 is 14.3 Å². The molecule has 1 heterocycles. The van der Waals surface area contributed by atoms with Crippen molar-refractivity contribution in [2.45, 2.75) is 16.7 Å². The Hall–Kier alpha value is -2.14. The molecule has 0 aromatic heterocycles. The maximum Gasteiger partial charge on any atom is 0.228 e. The van der Waals surface area contributed by atoms with Gasteiger partial charge in [0.2, 0.25) is 5.91 Å². The fraction of sp³-hybridized carbons (Fsp3) is 0.188. The molecule has 0 saturated carbocycles. The van der Waals surface area contributed by atoms with E-state index in [-0.39, 0.29) is 5.91 Å². The third-order valence-electron chi connectivity index (χ3n) is 3.35. The molecule has 1 aliphatic heterocycles. The molecule has 0 bridgehead atoms. The highest BCUT2D eigenvalue weighted by atomic mass is 32.2. The summed E-state index contributed by atoms with van der Waals surface area (Å²) in [5, 5.41) is 0. The Morgan fingerprint density at radius 3 is 2.33 bits per heavy atom. The fourth-order valence-electron chi connectivity index (χ4n) is 2.42. The van der Waals surface area contributed by atoms with Gasteiger partial charge in [0.15, 0.2) is 11.5 Å². The first kappa shape index (κ1) is 13.8. The normalized spacial score (nSPS) is 12.4. The van der Waals surface area contributed by atoms with Gasteiger partial charge in [-0.15, -0.1) is 0 Å². The first-order chi connectivity index (χ1) is 10.2. The standard InChI is InChI=1S/C16H15NO3S/c1-10(18)17-11-6-4-5-7-15(11)21-16-9-14(20-3)13(19-2)8-12(16)17/h4-9H,1-3H3. The summed E-state index contributed by atoms with van der Waals surface area (Å²) in [4.78, 5) is 15.9. The number of carbonyl (C=O) groups is 1. The van der Waals surface area contributed by atoms with Crippen molar-refractivity contribution in [2.75, 3.05) is 19.1 Å². The second kappa shape index (κ2) is 5.33. The number of nitrogens with zero attached hydrogens (tertiary/aromatic N) is 1. The van der Waals surface area contributed by atoms with E-state index in [0.717, 1.165) is 21.2 Å². The Balaban J connectivity index is 2.22. The molecule has 0 aliphatic carbocycles. The van der Waals surface area contributed by atoms with Gasteiger partial charge >= 0.3 is 0 Å². The Morgan fingerprint density at radius 2 is 1.67 bits per heavy atom. The zero-order valence-electron chi connectivity index (χ0n) is 12.0. The van der Waals surface area contributed by atoms with Crippen LogP contribution in [0.25, 0.3) is 0 Å². The predicted octanol–water partition coefficient (Wildman–Crippen LogP) is 3.85. The highest BCUT2D eigenvalue weighted by Crippen LogP contribution is 2.51. The van der Waals surface area contributed by atoms with Gasteiger partial charge < -0.3 is 9.47 Å². The van der Waals surface area contributed by atoms with Crippen LogP contribution in [0.4, 0.5) is 11.4 Å². The predicted molar refractivity (Wildman–Crippen MR) is 82.9 cm³/mol. The van der Waals surface area contributed by atoms with Crippen LogP contribution in [0, 0.1) is 0 Å². The van der Waals surface area contributed by atoms with Crippen LogP contribution in [0.15, 0.2) is 46.2 Å². The van der Waals surface area contributed by atoms with E-state index in [1.165, 1.54) is 0 Å². The molecule has 1 aliphatic rings. The molecule has 0 saturated heterocycles. The van der Waals surface area contributed by atoms with Crippen molar-refractivity contribution in [3.63, 3.8) is 0 Å². The average molecular weight is 301 g/mol. The molecular formula is C16H15NO3S. The van der Waals surface area contributed by atoms with Crippen LogP contribution in [0.1, 0.15) is 6.92 Å². The Labute approximate surface area is 127 Å². The van der Waals surface area contributed by atoms with Crippen molar-refractivity contribution in [1.82, 2.24) is 0 Å². The molecule has 0 unspecified atom stereocenters. The number of carbonyl (C=O) groups excluding carboxylic acids is 1. The van der Waals surface area contributed by atoms with Crippen molar-refractivity contribution >= 4 is 29.0 Å². The molecule has 3 rings (SSSR count). The van der Waals surface area contributed by atoms with Crippen LogP contribution < -0.4 is 14.4 Å². The van der Waals surface area contributed by atoms with Crippen LogP contribution in [-0.4, -0.2) is 20.1 Å². The number of ether oxygens (including phenoxy) is 2. The van der Waals surface area contributed by atoms with E-state index in [1.807, 2.05) is 36.4 Å². The van der Waals surface area contributed by atoms with Gasteiger partial charge in [-0.25, -0.2) is 0 Å². The van der Waals surface area contributed by atoms with Gasteiger partial charge in [0.25, 0.3) is 0 Å². The number of hydrogen-bond donors (Lipinski definition) is 0. The van der Waals surface area contributed by atoms with Gasteiger partial charge in [0.05, 0.1) is 25.6 Å². The summed E-state index contributed by atoms with van der Waals surface area (Å²) in [5.41, 5.74) is 1.72. The van der Waals surface area contributed by atoms with Crippen LogP contribution in [0.2, 0.25) is 0 Å². The molecule has 21 heavy (non-hydrogen) atoms. The Bertz CT molecular complexity index is 715. The van der Waals surface area contributed by atoms with Crippen molar-refractivity contribution in [3.8, 4) is 11.5 Å². The van der Waals surface area contributed by atoms with Crippen molar-refractivity contribution in [2.24, 2.45) is 0 Å². The number of anilines is 2. The summed E-state index contributed by atoms with van der Waals surface area (Å²) in [7, 11) is 3.20. The van der Waals surface area contributed by atoms with E-state index < -0.39 is 0 Å². The summed E-state index contributed by atoms with van der Waals surface area (Å²) in [6, 6.07) is 11.6. The lowest BCUT2D eigenvalue weighted by molar-refractivity contribution is -0.115. The van der Waals surface area contributed by atoms with Gasteiger partial charge in [-0.1, -0.05) is 23.9 Å². The van der Waals surface area contributed by atoms with E-state index in [0.29, 0.717) is 11.5 Å². The maximum atomic E-state index is 12.1. The van der Waals surface area contributed by atoms with Crippen LogP contribution >= 0.6 is 11.8 Å². The van der Waals surface area contributed by atoms with E-state index in [1.54, 1.807) is 37.8 Å². The highest BCUT2D eigenvalue weighted by molar-refractivity contribution is 7.99. The third kappa shape index (κ3) is 2.23. The minimum atomic E-state index is -0.0313. The van der Waals surface area contributed by atoms with Gasteiger partial charge in [-0.3, -0.25) is 9.69 Å². The summed E-state index contributed by atoms with van der Waals surface area (Å²) >= 11 is 1.62.